The average Bonchev–Trinajstić information content (AvgIpc) is 2.69. The van der Waals surface area contributed by atoms with Gasteiger partial charge in [0.25, 0.3) is 0 Å². The number of carbonyl (C=O) groups excluding carboxylic acids is 1. The minimum absolute atomic E-state index is 0.0364. The van der Waals surface area contributed by atoms with E-state index in [1.165, 1.54) is 0 Å². The second-order valence-corrected chi connectivity index (χ2v) is 7.76. The van der Waals surface area contributed by atoms with Crippen LogP contribution in [0, 0.1) is 5.92 Å². The number of ether oxygens (including phenoxy) is 1. The fraction of sp³-hybridized carbons (Fsp3) is 0.286. The Hall–Kier alpha value is -2.80. The highest BCUT2D eigenvalue weighted by Crippen LogP contribution is 2.21. The highest BCUT2D eigenvalue weighted by molar-refractivity contribution is 8.14. The van der Waals surface area contributed by atoms with Gasteiger partial charge in [-0.25, -0.2) is 4.99 Å². The van der Waals surface area contributed by atoms with Crippen molar-refractivity contribution in [1.82, 2.24) is 5.43 Å². The molecule has 3 rings (SSSR count). The van der Waals surface area contributed by atoms with Crippen LogP contribution in [0.3, 0.4) is 0 Å². The zero-order chi connectivity index (χ0) is 19.9. The number of amides is 1. The molecule has 6 nitrogen and oxygen atoms in total. The summed E-state index contributed by atoms with van der Waals surface area (Å²) in [5, 5.41) is 8.12. The Labute approximate surface area is 169 Å². The van der Waals surface area contributed by atoms with Gasteiger partial charge in [-0.15, -0.1) is 0 Å². The van der Waals surface area contributed by atoms with Gasteiger partial charge in [-0.05, 0) is 47.9 Å². The number of nitrogens with one attached hydrogen (secondary N) is 2. The molecule has 28 heavy (non-hydrogen) atoms. The topological polar surface area (TPSA) is 75.1 Å². The Balaban J connectivity index is 1.61. The fourth-order valence-electron chi connectivity index (χ4n) is 2.62. The minimum atomic E-state index is 0.0364. The van der Waals surface area contributed by atoms with Gasteiger partial charge in [-0.3, -0.25) is 10.2 Å². The normalized spacial score (nSPS) is 15.1. The van der Waals surface area contributed by atoms with Crippen molar-refractivity contribution >= 4 is 39.9 Å². The summed E-state index contributed by atoms with van der Waals surface area (Å²) in [4.78, 5) is 16.4. The van der Waals surface area contributed by atoms with Gasteiger partial charge in [0.2, 0.25) is 5.91 Å². The lowest BCUT2D eigenvalue weighted by Crippen LogP contribution is -2.25. The van der Waals surface area contributed by atoms with Crippen LogP contribution in [0.1, 0.15) is 25.8 Å². The Kier molecular flexibility index (Phi) is 6.71. The molecule has 0 radical (unpaired) electrons. The molecule has 0 saturated carbocycles. The van der Waals surface area contributed by atoms with Crippen LogP contribution in [-0.4, -0.2) is 29.6 Å². The molecule has 7 heteroatoms. The van der Waals surface area contributed by atoms with Crippen molar-refractivity contribution in [3.63, 3.8) is 0 Å². The van der Waals surface area contributed by atoms with Gasteiger partial charge in [0, 0.05) is 17.9 Å². The third-order valence-electron chi connectivity index (χ3n) is 4.03. The Morgan fingerprint density at radius 2 is 1.93 bits per heavy atom. The van der Waals surface area contributed by atoms with Crippen molar-refractivity contribution in [2.75, 3.05) is 18.2 Å². The highest BCUT2D eigenvalue weighted by Gasteiger charge is 2.13. The zero-order valence-electron chi connectivity index (χ0n) is 16.2. The molecule has 1 aliphatic rings. The second-order valence-electron chi connectivity index (χ2n) is 6.80. The van der Waals surface area contributed by atoms with Crippen LogP contribution in [0.4, 0.5) is 11.4 Å². The van der Waals surface area contributed by atoms with Crippen LogP contribution in [0.15, 0.2) is 58.6 Å². The van der Waals surface area contributed by atoms with Crippen molar-refractivity contribution in [1.29, 1.82) is 0 Å². The zero-order valence-corrected chi connectivity index (χ0v) is 17.0. The minimum Gasteiger partial charge on any atom is -0.497 e. The van der Waals surface area contributed by atoms with E-state index in [9.17, 15) is 4.79 Å². The molecule has 2 N–H and O–H groups in total. The molecule has 0 unspecified atom stereocenters. The molecule has 1 amide bonds. The van der Waals surface area contributed by atoms with E-state index >= 15 is 0 Å². The first-order valence-corrected chi connectivity index (χ1v) is 10.1. The summed E-state index contributed by atoms with van der Waals surface area (Å²) >= 11 is 1.60. The summed E-state index contributed by atoms with van der Waals surface area (Å²) in [7, 11) is 1.64. The van der Waals surface area contributed by atoms with Crippen LogP contribution in [0.25, 0.3) is 0 Å². The first-order valence-electron chi connectivity index (χ1n) is 9.12. The monoisotopic (exact) mass is 396 g/mol. The molecule has 0 spiro atoms. The molecule has 0 aromatic heterocycles. The maximum atomic E-state index is 11.9. The van der Waals surface area contributed by atoms with E-state index in [-0.39, 0.29) is 5.91 Å². The Morgan fingerprint density at radius 1 is 1.21 bits per heavy atom. The van der Waals surface area contributed by atoms with Gasteiger partial charge in [0.1, 0.15) is 5.75 Å². The summed E-state index contributed by atoms with van der Waals surface area (Å²) in [6.45, 7) is 4.06. The van der Waals surface area contributed by atoms with Crippen LogP contribution in [-0.2, 0) is 4.79 Å². The Morgan fingerprint density at radius 3 is 2.50 bits per heavy atom. The van der Waals surface area contributed by atoms with E-state index in [1.807, 2.05) is 62.4 Å². The second kappa shape index (κ2) is 9.41. The van der Waals surface area contributed by atoms with Crippen LogP contribution in [0.5, 0.6) is 5.75 Å². The highest BCUT2D eigenvalue weighted by atomic mass is 32.2. The van der Waals surface area contributed by atoms with E-state index in [0.29, 0.717) is 12.3 Å². The standard InChI is InChI=1S/C21H24N4O2S/c1-14(2)12-20(26)22-16-6-4-15(5-7-16)19-13-28-21(25-24-19)23-17-8-10-18(27-3)11-9-17/h4-11,14H,12-13H2,1-3H3,(H,22,26)(H,23,25). The lowest BCUT2D eigenvalue weighted by Gasteiger charge is -2.15. The molecule has 0 bridgehead atoms. The van der Waals surface area contributed by atoms with Crippen LogP contribution in [0.2, 0.25) is 0 Å². The number of nitrogens with zero attached hydrogens (tertiary/aromatic N) is 2. The smallest absolute Gasteiger partial charge is 0.224 e. The molecule has 0 atom stereocenters. The molecule has 2 aromatic rings. The predicted octanol–water partition coefficient (Wildman–Crippen LogP) is 4.41. The van der Waals surface area contributed by atoms with E-state index < -0.39 is 0 Å². The van der Waals surface area contributed by atoms with Gasteiger partial charge < -0.3 is 10.1 Å². The third-order valence-corrected chi connectivity index (χ3v) is 4.90. The van der Waals surface area contributed by atoms with Gasteiger partial charge in [0.05, 0.1) is 18.5 Å². The molecule has 1 aliphatic heterocycles. The number of anilines is 1. The molecule has 1 heterocycles. The van der Waals surface area contributed by atoms with E-state index in [2.05, 4.69) is 20.8 Å². The number of amidine groups is 1. The van der Waals surface area contributed by atoms with Gasteiger partial charge >= 0.3 is 0 Å². The SMILES string of the molecule is COc1ccc(N=C2NN=C(c3ccc(NC(=O)CC(C)C)cc3)CS2)cc1. The van der Waals surface area contributed by atoms with E-state index in [4.69, 9.17) is 4.74 Å². The maximum Gasteiger partial charge on any atom is 0.224 e. The molecule has 146 valence electrons. The lowest BCUT2D eigenvalue weighted by atomic mass is 10.1. The third kappa shape index (κ3) is 5.60. The van der Waals surface area contributed by atoms with Crippen molar-refractivity contribution in [2.24, 2.45) is 16.0 Å². The Bertz CT molecular complexity index is 874. The average molecular weight is 397 g/mol. The van der Waals surface area contributed by atoms with Crippen molar-refractivity contribution in [2.45, 2.75) is 20.3 Å². The molecule has 0 saturated heterocycles. The molecular formula is C21H24N4O2S. The lowest BCUT2D eigenvalue weighted by molar-refractivity contribution is -0.116. The van der Waals surface area contributed by atoms with Crippen LogP contribution < -0.4 is 15.5 Å². The number of hydrazone groups is 1. The van der Waals surface area contributed by atoms with Crippen molar-refractivity contribution in [3.8, 4) is 5.75 Å². The summed E-state index contributed by atoms with van der Waals surface area (Å²) in [5.41, 5.74) is 6.62. The number of carbonyl (C=O) groups is 1. The van der Waals surface area contributed by atoms with Gasteiger partial charge in [-0.2, -0.15) is 5.10 Å². The number of methoxy groups -OCH3 is 1. The number of hydrogen-bond donors (Lipinski definition) is 2. The maximum absolute atomic E-state index is 11.9. The molecular weight excluding hydrogens is 372 g/mol. The largest absolute Gasteiger partial charge is 0.497 e. The summed E-state index contributed by atoms with van der Waals surface area (Å²) in [6.07, 6.45) is 0.519. The van der Waals surface area contributed by atoms with E-state index in [1.54, 1.807) is 18.9 Å². The number of aliphatic imine (C=N–C) groups is 1. The number of benzene rings is 2. The summed E-state index contributed by atoms with van der Waals surface area (Å²) in [6, 6.07) is 15.3. The van der Waals surface area contributed by atoms with Crippen molar-refractivity contribution in [3.05, 3.63) is 54.1 Å². The number of hydrogen-bond acceptors (Lipinski definition) is 5. The summed E-state index contributed by atoms with van der Waals surface area (Å²) < 4.78 is 5.15. The molecule has 0 fully saturated rings. The van der Waals surface area contributed by atoms with Gasteiger partial charge in [0.15, 0.2) is 5.17 Å². The fourth-order valence-corrected chi connectivity index (χ4v) is 3.41. The van der Waals surface area contributed by atoms with E-state index in [0.717, 1.165) is 39.3 Å². The van der Waals surface area contributed by atoms with Gasteiger partial charge in [-0.1, -0.05) is 37.7 Å². The predicted molar refractivity (Wildman–Crippen MR) is 117 cm³/mol. The van der Waals surface area contributed by atoms with Crippen molar-refractivity contribution < 1.29 is 9.53 Å². The first kappa shape index (κ1) is 19.9. The van der Waals surface area contributed by atoms with Crippen LogP contribution >= 0.6 is 11.8 Å². The molecule has 2 aromatic carbocycles. The first-order chi connectivity index (χ1) is 13.5. The number of rotatable bonds is 6. The molecule has 0 aliphatic carbocycles. The quantitative estimate of drug-likeness (QED) is 0.758. The summed E-state index contributed by atoms with van der Waals surface area (Å²) in [5.74, 6) is 1.90. The number of thioether (sulfide) groups is 1.